The van der Waals surface area contributed by atoms with Crippen LogP contribution in [0.5, 0.6) is 5.75 Å². The molecular weight excluding hydrogens is 452 g/mol. The number of phenols is 1. The summed E-state index contributed by atoms with van der Waals surface area (Å²) in [7, 11) is 0. The van der Waals surface area contributed by atoms with Crippen LogP contribution in [-0.4, -0.2) is 67.6 Å². The zero-order chi connectivity index (χ0) is 23.3. The van der Waals surface area contributed by atoms with Crippen molar-refractivity contribution in [1.29, 1.82) is 0 Å². The molecule has 1 aromatic carbocycles. The average Bonchev–Trinajstić information content (AvgIpc) is 3.54. The van der Waals surface area contributed by atoms with E-state index in [1.54, 1.807) is 30.8 Å². The van der Waals surface area contributed by atoms with Crippen molar-refractivity contribution in [1.82, 2.24) is 24.6 Å². The molecular formula is C24H24N6O3S. The van der Waals surface area contributed by atoms with E-state index in [1.807, 2.05) is 45.9 Å². The molecule has 4 aromatic rings. The Morgan fingerprint density at radius 3 is 2.56 bits per heavy atom. The molecule has 0 bridgehead atoms. The van der Waals surface area contributed by atoms with Crippen LogP contribution in [0.25, 0.3) is 11.4 Å². The van der Waals surface area contributed by atoms with Crippen molar-refractivity contribution < 1.29 is 14.3 Å². The summed E-state index contributed by atoms with van der Waals surface area (Å²) in [4.78, 5) is 21.2. The lowest BCUT2D eigenvalue weighted by Crippen LogP contribution is -2.49. The number of hydrogen-bond donors (Lipinski definition) is 1. The molecule has 1 saturated heterocycles. The van der Waals surface area contributed by atoms with Gasteiger partial charge in [0.05, 0.1) is 18.6 Å². The molecule has 0 aliphatic carbocycles. The number of amides is 1. The predicted octanol–water partition coefficient (Wildman–Crippen LogP) is 3.13. The van der Waals surface area contributed by atoms with E-state index in [0.29, 0.717) is 30.6 Å². The van der Waals surface area contributed by atoms with Gasteiger partial charge in [-0.1, -0.05) is 11.8 Å². The molecule has 0 spiro atoms. The molecule has 1 amide bonds. The summed E-state index contributed by atoms with van der Waals surface area (Å²) in [5.74, 6) is 2.07. The Hall–Kier alpha value is -3.79. The number of carbonyl (C=O) groups is 1. The van der Waals surface area contributed by atoms with Crippen LogP contribution in [0.15, 0.2) is 76.8 Å². The fourth-order valence-electron chi connectivity index (χ4n) is 3.90. The van der Waals surface area contributed by atoms with E-state index in [9.17, 15) is 9.90 Å². The standard InChI is InChI=1S/C24H24N6O3S/c31-20-7-5-19(6-8-20)28-10-12-29(13-11-28)22(32)17-34-24-27-26-23(18-3-1-9-25-15-18)30(24)16-21-4-2-14-33-21/h1-9,14-15,31H,10-13,16-17H2. The number of benzene rings is 1. The SMILES string of the molecule is O=C(CSc1nnc(-c2cccnc2)n1Cc1ccco1)N1CCN(c2ccc(O)cc2)CC1. The molecule has 1 N–H and O–H groups in total. The highest BCUT2D eigenvalue weighted by Gasteiger charge is 2.23. The van der Waals surface area contributed by atoms with Gasteiger partial charge in [0.2, 0.25) is 5.91 Å². The number of furan rings is 1. The van der Waals surface area contributed by atoms with Crippen LogP contribution in [0.1, 0.15) is 5.76 Å². The van der Waals surface area contributed by atoms with Crippen molar-refractivity contribution in [2.24, 2.45) is 0 Å². The van der Waals surface area contributed by atoms with Gasteiger partial charge in [0.15, 0.2) is 11.0 Å². The zero-order valence-electron chi connectivity index (χ0n) is 18.4. The topological polar surface area (TPSA) is 101 Å². The number of aromatic nitrogens is 4. The van der Waals surface area contributed by atoms with Gasteiger partial charge in [-0.3, -0.25) is 14.3 Å². The van der Waals surface area contributed by atoms with Crippen molar-refractivity contribution >= 4 is 23.4 Å². The smallest absolute Gasteiger partial charge is 0.233 e. The van der Waals surface area contributed by atoms with E-state index in [-0.39, 0.29) is 17.4 Å². The maximum atomic E-state index is 12.9. The Bertz CT molecular complexity index is 1220. The lowest BCUT2D eigenvalue weighted by atomic mass is 10.2. The molecule has 1 aliphatic heterocycles. The van der Waals surface area contributed by atoms with Crippen molar-refractivity contribution in [3.05, 3.63) is 72.9 Å². The van der Waals surface area contributed by atoms with E-state index < -0.39 is 0 Å². The van der Waals surface area contributed by atoms with Gasteiger partial charge in [-0.15, -0.1) is 10.2 Å². The first-order valence-electron chi connectivity index (χ1n) is 11.0. The lowest BCUT2D eigenvalue weighted by Gasteiger charge is -2.36. The monoisotopic (exact) mass is 476 g/mol. The molecule has 174 valence electrons. The van der Waals surface area contributed by atoms with Gasteiger partial charge in [0.25, 0.3) is 0 Å². The van der Waals surface area contributed by atoms with Crippen LogP contribution in [0.3, 0.4) is 0 Å². The van der Waals surface area contributed by atoms with Crippen molar-refractivity contribution in [2.45, 2.75) is 11.7 Å². The number of piperazine rings is 1. The fraction of sp³-hybridized carbons (Fsp3) is 0.250. The molecule has 3 aromatic heterocycles. The number of hydrogen-bond acceptors (Lipinski definition) is 8. The number of rotatable bonds is 7. The summed E-state index contributed by atoms with van der Waals surface area (Å²) < 4.78 is 7.49. The average molecular weight is 477 g/mol. The first kappa shape index (κ1) is 22.0. The number of anilines is 1. The number of nitrogens with zero attached hydrogens (tertiary/aromatic N) is 6. The third-order valence-corrected chi connectivity index (χ3v) is 6.65. The predicted molar refractivity (Wildman–Crippen MR) is 129 cm³/mol. The van der Waals surface area contributed by atoms with E-state index in [0.717, 1.165) is 30.1 Å². The van der Waals surface area contributed by atoms with Crippen LogP contribution in [0.2, 0.25) is 0 Å². The largest absolute Gasteiger partial charge is 0.508 e. The molecule has 1 fully saturated rings. The maximum absolute atomic E-state index is 12.9. The third-order valence-electron chi connectivity index (χ3n) is 5.70. The molecule has 34 heavy (non-hydrogen) atoms. The molecule has 0 unspecified atom stereocenters. The molecule has 9 nitrogen and oxygen atoms in total. The summed E-state index contributed by atoms with van der Waals surface area (Å²) in [5, 5.41) is 18.9. The third kappa shape index (κ3) is 4.91. The Labute approximate surface area is 201 Å². The summed E-state index contributed by atoms with van der Waals surface area (Å²) in [6.45, 7) is 3.27. The van der Waals surface area contributed by atoms with Crippen LogP contribution in [-0.2, 0) is 11.3 Å². The molecule has 10 heteroatoms. The van der Waals surface area contributed by atoms with E-state index in [1.165, 1.54) is 11.8 Å². The van der Waals surface area contributed by atoms with E-state index >= 15 is 0 Å². The molecule has 5 rings (SSSR count). The highest BCUT2D eigenvalue weighted by Crippen LogP contribution is 2.26. The van der Waals surface area contributed by atoms with E-state index in [4.69, 9.17) is 4.42 Å². The number of phenolic OH excluding ortho intramolecular Hbond substituents is 1. The van der Waals surface area contributed by atoms with Crippen molar-refractivity contribution in [3.63, 3.8) is 0 Å². The Balaban J connectivity index is 1.24. The van der Waals surface area contributed by atoms with Crippen LogP contribution in [0, 0.1) is 0 Å². The zero-order valence-corrected chi connectivity index (χ0v) is 19.3. The van der Waals surface area contributed by atoms with Gasteiger partial charge >= 0.3 is 0 Å². The van der Waals surface area contributed by atoms with Crippen LogP contribution in [0.4, 0.5) is 5.69 Å². The molecule has 1 aliphatic rings. The second-order valence-corrected chi connectivity index (χ2v) is 8.83. The molecule has 0 atom stereocenters. The highest BCUT2D eigenvalue weighted by molar-refractivity contribution is 7.99. The minimum absolute atomic E-state index is 0.0748. The van der Waals surface area contributed by atoms with Gasteiger partial charge in [0, 0.05) is 49.8 Å². The normalized spacial score (nSPS) is 13.9. The van der Waals surface area contributed by atoms with Gasteiger partial charge < -0.3 is 19.3 Å². The highest BCUT2D eigenvalue weighted by atomic mass is 32.2. The Morgan fingerprint density at radius 2 is 1.85 bits per heavy atom. The molecule has 0 saturated carbocycles. The Morgan fingerprint density at radius 1 is 1.03 bits per heavy atom. The Kier molecular flexibility index (Phi) is 6.48. The number of carbonyl (C=O) groups excluding carboxylic acids is 1. The summed E-state index contributed by atoms with van der Waals surface area (Å²) in [6, 6.07) is 14.7. The number of aromatic hydroxyl groups is 1. The number of thioether (sulfide) groups is 1. The van der Waals surface area contributed by atoms with Crippen LogP contribution < -0.4 is 4.90 Å². The first-order valence-corrected chi connectivity index (χ1v) is 12.0. The summed E-state index contributed by atoms with van der Waals surface area (Å²) in [6.07, 6.45) is 5.10. The summed E-state index contributed by atoms with van der Waals surface area (Å²) in [5.41, 5.74) is 1.90. The van der Waals surface area contributed by atoms with Gasteiger partial charge in [-0.2, -0.15) is 0 Å². The summed E-state index contributed by atoms with van der Waals surface area (Å²) >= 11 is 1.38. The van der Waals surface area contributed by atoms with Gasteiger partial charge in [0.1, 0.15) is 11.5 Å². The second-order valence-electron chi connectivity index (χ2n) is 7.89. The van der Waals surface area contributed by atoms with Crippen molar-refractivity contribution in [3.8, 4) is 17.1 Å². The molecule has 4 heterocycles. The maximum Gasteiger partial charge on any atom is 0.233 e. The second kappa shape index (κ2) is 10.0. The minimum Gasteiger partial charge on any atom is -0.508 e. The lowest BCUT2D eigenvalue weighted by molar-refractivity contribution is -0.128. The number of pyridine rings is 1. The fourth-order valence-corrected chi connectivity index (χ4v) is 4.74. The van der Waals surface area contributed by atoms with E-state index in [2.05, 4.69) is 20.1 Å². The van der Waals surface area contributed by atoms with Gasteiger partial charge in [-0.25, -0.2) is 0 Å². The minimum atomic E-state index is 0.0748. The van der Waals surface area contributed by atoms with Crippen molar-refractivity contribution in [2.75, 3.05) is 36.8 Å². The first-order chi connectivity index (χ1) is 16.7. The van der Waals surface area contributed by atoms with Gasteiger partial charge in [-0.05, 0) is 48.5 Å². The van der Waals surface area contributed by atoms with Crippen LogP contribution >= 0.6 is 11.8 Å². The molecule has 0 radical (unpaired) electrons. The quantitative estimate of drug-likeness (QED) is 0.406.